The summed E-state index contributed by atoms with van der Waals surface area (Å²) in [5, 5.41) is 3.27. The Morgan fingerprint density at radius 2 is 2.06 bits per heavy atom. The van der Waals surface area contributed by atoms with Crippen LogP contribution >= 0.6 is 12.4 Å². The summed E-state index contributed by atoms with van der Waals surface area (Å²) in [6.07, 6.45) is 1.05. The van der Waals surface area contributed by atoms with E-state index in [1.165, 1.54) is 0 Å². The van der Waals surface area contributed by atoms with Gasteiger partial charge in [0.25, 0.3) is 5.91 Å². The van der Waals surface area contributed by atoms with Gasteiger partial charge in [-0.2, -0.15) is 0 Å². The second-order valence-electron chi connectivity index (χ2n) is 3.93. The first-order valence-corrected chi connectivity index (χ1v) is 5.32. The molecule has 16 heavy (non-hydrogen) atoms. The first kappa shape index (κ1) is 13.0. The number of hydrogen-bond donors (Lipinski definition) is 1. The quantitative estimate of drug-likeness (QED) is 0.851. The van der Waals surface area contributed by atoms with Gasteiger partial charge in [0, 0.05) is 25.2 Å². The van der Waals surface area contributed by atoms with Gasteiger partial charge in [0.15, 0.2) is 0 Å². The van der Waals surface area contributed by atoms with Crippen molar-refractivity contribution in [2.45, 2.75) is 12.5 Å². The maximum Gasteiger partial charge on any atom is 0.253 e. The van der Waals surface area contributed by atoms with Gasteiger partial charge in [0.1, 0.15) is 0 Å². The zero-order chi connectivity index (χ0) is 10.7. The van der Waals surface area contributed by atoms with E-state index >= 15 is 0 Å². The van der Waals surface area contributed by atoms with Gasteiger partial charge in [0.2, 0.25) is 0 Å². The maximum absolute atomic E-state index is 12.0. The lowest BCUT2D eigenvalue weighted by atomic mass is 10.1. The molecule has 0 spiro atoms. The molecule has 0 radical (unpaired) electrons. The number of carbonyl (C=O) groups is 1. The van der Waals surface area contributed by atoms with Crippen LogP contribution in [0.25, 0.3) is 0 Å². The molecule has 0 aromatic heterocycles. The Balaban J connectivity index is 0.00000128. The topological polar surface area (TPSA) is 32.3 Å². The van der Waals surface area contributed by atoms with Crippen LogP contribution in [0.3, 0.4) is 0 Å². The summed E-state index contributed by atoms with van der Waals surface area (Å²) in [6, 6.07) is 9.79. The summed E-state index contributed by atoms with van der Waals surface area (Å²) in [5.41, 5.74) is 0.770. The van der Waals surface area contributed by atoms with Crippen LogP contribution < -0.4 is 5.32 Å². The van der Waals surface area contributed by atoms with Gasteiger partial charge in [-0.25, -0.2) is 0 Å². The minimum atomic E-state index is 0. The van der Waals surface area contributed by atoms with E-state index in [-0.39, 0.29) is 18.3 Å². The molecule has 1 aliphatic heterocycles. The first-order valence-electron chi connectivity index (χ1n) is 5.32. The zero-order valence-electron chi connectivity index (χ0n) is 9.35. The fourth-order valence-corrected chi connectivity index (χ4v) is 1.92. The van der Waals surface area contributed by atoms with Crippen LogP contribution in [0.15, 0.2) is 30.3 Å². The number of hydrogen-bond acceptors (Lipinski definition) is 2. The molecular weight excluding hydrogens is 224 g/mol. The van der Waals surface area contributed by atoms with E-state index in [0.717, 1.165) is 25.1 Å². The van der Waals surface area contributed by atoms with Crippen LogP contribution in [0.2, 0.25) is 0 Å². The molecular formula is C12H17ClN2O. The standard InChI is InChI=1S/C12H16N2O.ClH/c1-14(11-7-8-13-9-11)12(15)10-5-3-2-4-6-10;/h2-6,11,13H,7-9H2,1H3;1H. The van der Waals surface area contributed by atoms with Crippen molar-refractivity contribution >= 4 is 18.3 Å². The normalized spacial score (nSPS) is 18.9. The van der Waals surface area contributed by atoms with Gasteiger partial charge in [-0.3, -0.25) is 4.79 Å². The van der Waals surface area contributed by atoms with Crippen LogP contribution in [0, 0.1) is 0 Å². The molecule has 1 N–H and O–H groups in total. The van der Waals surface area contributed by atoms with Crippen molar-refractivity contribution in [1.82, 2.24) is 10.2 Å². The van der Waals surface area contributed by atoms with Crippen molar-refractivity contribution in [2.75, 3.05) is 20.1 Å². The molecule has 2 rings (SSSR count). The number of benzene rings is 1. The van der Waals surface area contributed by atoms with E-state index in [4.69, 9.17) is 0 Å². The van der Waals surface area contributed by atoms with Gasteiger partial charge in [-0.05, 0) is 25.1 Å². The van der Waals surface area contributed by atoms with Crippen LogP contribution in [0.5, 0.6) is 0 Å². The lowest BCUT2D eigenvalue weighted by Crippen LogP contribution is -2.38. The molecule has 88 valence electrons. The predicted octanol–water partition coefficient (Wildman–Crippen LogP) is 1.54. The van der Waals surface area contributed by atoms with Crippen LogP contribution in [0.1, 0.15) is 16.8 Å². The van der Waals surface area contributed by atoms with Crippen LogP contribution in [0.4, 0.5) is 0 Å². The maximum atomic E-state index is 12.0. The second kappa shape index (κ2) is 5.87. The van der Waals surface area contributed by atoms with Crippen molar-refractivity contribution in [3.05, 3.63) is 35.9 Å². The molecule has 0 saturated carbocycles. The third-order valence-electron chi connectivity index (χ3n) is 2.92. The Labute approximate surface area is 102 Å². The number of nitrogens with zero attached hydrogens (tertiary/aromatic N) is 1. The van der Waals surface area contributed by atoms with E-state index in [1.54, 1.807) is 0 Å². The Hall–Kier alpha value is -1.06. The SMILES string of the molecule is CN(C(=O)c1ccccc1)C1CCNC1.Cl. The highest BCUT2D eigenvalue weighted by Crippen LogP contribution is 2.10. The summed E-state index contributed by atoms with van der Waals surface area (Å²) in [6.45, 7) is 1.92. The average molecular weight is 241 g/mol. The molecule has 1 saturated heterocycles. The van der Waals surface area contributed by atoms with E-state index in [1.807, 2.05) is 42.3 Å². The number of likely N-dealkylation sites (N-methyl/N-ethyl adjacent to an activating group) is 1. The summed E-state index contributed by atoms with van der Waals surface area (Å²) in [5.74, 6) is 0.115. The monoisotopic (exact) mass is 240 g/mol. The van der Waals surface area contributed by atoms with Crippen molar-refractivity contribution in [2.24, 2.45) is 0 Å². The van der Waals surface area contributed by atoms with Crippen molar-refractivity contribution in [3.8, 4) is 0 Å². The fraction of sp³-hybridized carbons (Fsp3) is 0.417. The van der Waals surface area contributed by atoms with E-state index < -0.39 is 0 Å². The van der Waals surface area contributed by atoms with Crippen molar-refractivity contribution < 1.29 is 4.79 Å². The molecule has 1 aromatic rings. The number of carbonyl (C=O) groups excluding carboxylic acids is 1. The molecule has 3 nitrogen and oxygen atoms in total. The fourth-order valence-electron chi connectivity index (χ4n) is 1.92. The lowest BCUT2D eigenvalue weighted by Gasteiger charge is -2.23. The minimum Gasteiger partial charge on any atom is -0.337 e. The van der Waals surface area contributed by atoms with E-state index in [2.05, 4.69) is 5.32 Å². The van der Waals surface area contributed by atoms with E-state index in [9.17, 15) is 4.79 Å². The highest BCUT2D eigenvalue weighted by molar-refractivity contribution is 5.94. The summed E-state index contributed by atoms with van der Waals surface area (Å²) >= 11 is 0. The second-order valence-corrected chi connectivity index (χ2v) is 3.93. The van der Waals surface area contributed by atoms with Crippen LogP contribution in [-0.2, 0) is 0 Å². The Kier molecular flexibility index (Phi) is 4.77. The van der Waals surface area contributed by atoms with Gasteiger partial charge in [0.05, 0.1) is 0 Å². The molecule has 0 bridgehead atoms. The molecule has 1 unspecified atom stereocenters. The highest BCUT2D eigenvalue weighted by Gasteiger charge is 2.23. The molecule has 1 atom stereocenters. The third kappa shape index (κ3) is 2.74. The number of halogens is 1. The molecule has 1 fully saturated rings. The molecule has 0 aliphatic carbocycles. The predicted molar refractivity (Wildman–Crippen MR) is 67.1 cm³/mol. The van der Waals surface area contributed by atoms with E-state index in [0.29, 0.717) is 6.04 Å². The number of amides is 1. The first-order chi connectivity index (χ1) is 7.29. The zero-order valence-corrected chi connectivity index (χ0v) is 10.2. The largest absolute Gasteiger partial charge is 0.337 e. The van der Waals surface area contributed by atoms with Crippen molar-refractivity contribution in [3.63, 3.8) is 0 Å². The highest BCUT2D eigenvalue weighted by atomic mass is 35.5. The van der Waals surface area contributed by atoms with Crippen molar-refractivity contribution in [1.29, 1.82) is 0 Å². The van der Waals surface area contributed by atoms with Gasteiger partial charge in [-0.1, -0.05) is 18.2 Å². The third-order valence-corrected chi connectivity index (χ3v) is 2.92. The summed E-state index contributed by atoms with van der Waals surface area (Å²) in [4.78, 5) is 13.9. The van der Waals surface area contributed by atoms with Gasteiger partial charge in [-0.15, -0.1) is 12.4 Å². The molecule has 1 aliphatic rings. The summed E-state index contributed by atoms with van der Waals surface area (Å²) in [7, 11) is 1.88. The molecule has 1 amide bonds. The van der Waals surface area contributed by atoms with Gasteiger partial charge >= 0.3 is 0 Å². The number of nitrogens with one attached hydrogen (secondary N) is 1. The molecule has 1 heterocycles. The Morgan fingerprint density at radius 1 is 1.38 bits per heavy atom. The molecule has 4 heteroatoms. The lowest BCUT2D eigenvalue weighted by molar-refractivity contribution is 0.0744. The van der Waals surface area contributed by atoms with Gasteiger partial charge < -0.3 is 10.2 Å². The van der Waals surface area contributed by atoms with Crippen LogP contribution in [-0.4, -0.2) is 37.0 Å². The Bertz CT molecular complexity index is 336. The molecule has 1 aromatic carbocycles. The summed E-state index contributed by atoms with van der Waals surface area (Å²) < 4.78 is 0. The Morgan fingerprint density at radius 3 is 2.62 bits per heavy atom. The smallest absolute Gasteiger partial charge is 0.253 e. The average Bonchev–Trinajstić information content (AvgIpc) is 2.82. The minimum absolute atomic E-state index is 0. The number of rotatable bonds is 2.